The number of hydrogen-bond donors (Lipinski definition) is 2. The molecule has 0 spiro atoms. The zero-order chi connectivity index (χ0) is 10.5. The lowest BCUT2D eigenvalue weighted by Crippen LogP contribution is -2.37. The molecular formula is C12H23NO2. The molecule has 0 bridgehead atoms. The summed E-state index contributed by atoms with van der Waals surface area (Å²) < 4.78 is 5.67. The van der Waals surface area contributed by atoms with Crippen LogP contribution in [0.25, 0.3) is 0 Å². The second kappa shape index (κ2) is 5.83. The molecule has 1 unspecified atom stereocenters. The summed E-state index contributed by atoms with van der Waals surface area (Å²) >= 11 is 0. The van der Waals surface area contributed by atoms with Gasteiger partial charge in [-0.25, -0.2) is 0 Å². The Hall–Kier alpha value is -0.120. The Bertz CT molecular complexity index is 180. The number of hydrogen-bond acceptors (Lipinski definition) is 3. The van der Waals surface area contributed by atoms with Crippen LogP contribution in [0, 0.1) is 0 Å². The van der Waals surface area contributed by atoms with Gasteiger partial charge >= 0.3 is 0 Å². The molecule has 3 atom stereocenters. The molecule has 0 aromatic heterocycles. The van der Waals surface area contributed by atoms with E-state index in [1.807, 2.05) is 0 Å². The molecule has 3 nitrogen and oxygen atoms in total. The second-order valence-corrected chi connectivity index (χ2v) is 4.84. The van der Waals surface area contributed by atoms with Crippen molar-refractivity contribution in [2.45, 2.75) is 63.2 Å². The van der Waals surface area contributed by atoms with Crippen LogP contribution in [0.2, 0.25) is 0 Å². The van der Waals surface area contributed by atoms with Gasteiger partial charge in [0.15, 0.2) is 0 Å². The van der Waals surface area contributed by atoms with Gasteiger partial charge in [0, 0.05) is 12.6 Å². The van der Waals surface area contributed by atoms with Crippen molar-refractivity contribution in [1.29, 1.82) is 0 Å². The quantitative estimate of drug-likeness (QED) is 0.742. The van der Waals surface area contributed by atoms with Crippen LogP contribution in [0.1, 0.15) is 44.9 Å². The maximum Gasteiger partial charge on any atom is 0.0693 e. The first kappa shape index (κ1) is 11.4. The SMILES string of the molecule is O[C@@H]1CCC[C@H]1NCCC1CCCCO1. The summed E-state index contributed by atoms with van der Waals surface area (Å²) in [5, 5.41) is 13.1. The molecule has 1 heterocycles. The van der Waals surface area contributed by atoms with Gasteiger partial charge in [-0.1, -0.05) is 0 Å². The summed E-state index contributed by atoms with van der Waals surface area (Å²) in [4.78, 5) is 0. The van der Waals surface area contributed by atoms with Gasteiger partial charge in [-0.05, 0) is 51.5 Å². The van der Waals surface area contributed by atoms with E-state index in [0.717, 1.165) is 32.4 Å². The van der Waals surface area contributed by atoms with Crippen LogP contribution in [-0.2, 0) is 4.74 Å². The molecule has 3 heteroatoms. The van der Waals surface area contributed by atoms with E-state index >= 15 is 0 Å². The van der Waals surface area contributed by atoms with Gasteiger partial charge in [-0.15, -0.1) is 0 Å². The lowest BCUT2D eigenvalue weighted by molar-refractivity contribution is 0.0105. The first-order chi connectivity index (χ1) is 7.36. The highest BCUT2D eigenvalue weighted by molar-refractivity contribution is 4.82. The molecule has 2 N–H and O–H groups in total. The van der Waals surface area contributed by atoms with Crippen molar-refractivity contribution in [3.8, 4) is 0 Å². The van der Waals surface area contributed by atoms with E-state index in [1.54, 1.807) is 0 Å². The van der Waals surface area contributed by atoms with Gasteiger partial charge in [0.25, 0.3) is 0 Å². The Morgan fingerprint density at radius 1 is 1.13 bits per heavy atom. The Kier molecular flexibility index (Phi) is 4.42. The molecule has 15 heavy (non-hydrogen) atoms. The van der Waals surface area contributed by atoms with E-state index in [2.05, 4.69) is 5.32 Å². The molecule has 1 saturated carbocycles. The maximum absolute atomic E-state index is 9.63. The zero-order valence-corrected chi connectivity index (χ0v) is 9.45. The fraction of sp³-hybridized carbons (Fsp3) is 1.00. The van der Waals surface area contributed by atoms with Crippen LogP contribution >= 0.6 is 0 Å². The van der Waals surface area contributed by atoms with Crippen LogP contribution in [0.3, 0.4) is 0 Å². The summed E-state index contributed by atoms with van der Waals surface area (Å²) in [5.74, 6) is 0. The lowest BCUT2D eigenvalue weighted by atomic mass is 10.1. The predicted octanol–water partition coefficient (Wildman–Crippen LogP) is 1.45. The Balaban J connectivity index is 1.57. The van der Waals surface area contributed by atoms with E-state index in [-0.39, 0.29) is 6.10 Å². The maximum atomic E-state index is 9.63. The summed E-state index contributed by atoms with van der Waals surface area (Å²) in [6.45, 7) is 1.93. The minimum absolute atomic E-state index is 0.114. The minimum Gasteiger partial charge on any atom is -0.392 e. The fourth-order valence-electron chi connectivity index (χ4n) is 2.64. The normalized spacial score (nSPS) is 37.0. The molecule has 1 aliphatic carbocycles. The van der Waals surface area contributed by atoms with Gasteiger partial charge in [0.1, 0.15) is 0 Å². The average molecular weight is 213 g/mol. The van der Waals surface area contributed by atoms with Crippen LogP contribution in [0.15, 0.2) is 0 Å². The highest BCUT2D eigenvalue weighted by atomic mass is 16.5. The zero-order valence-electron chi connectivity index (χ0n) is 9.45. The van der Waals surface area contributed by atoms with Crippen LogP contribution in [0.4, 0.5) is 0 Å². The van der Waals surface area contributed by atoms with E-state index in [1.165, 1.54) is 25.7 Å². The first-order valence-corrected chi connectivity index (χ1v) is 6.39. The van der Waals surface area contributed by atoms with Crippen molar-refractivity contribution < 1.29 is 9.84 Å². The summed E-state index contributed by atoms with van der Waals surface area (Å²) in [6, 6.07) is 0.341. The van der Waals surface area contributed by atoms with Crippen molar-refractivity contribution in [3.05, 3.63) is 0 Å². The van der Waals surface area contributed by atoms with Crippen LogP contribution < -0.4 is 5.32 Å². The van der Waals surface area contributed by atoms with E-state index in [0.29, 0.717) is 12.1 Å². The van der Waals surface area contributed by atoms with Crippen molar-refractivity contribution in [2.75, 3.05) is 13.2 Å². The minimum atomic E-state index is -0.114. The summed E-state index contributed by atoms with van der Waals surface area (Å²) in [6.07, 6.45) is 8.48. The van der Waals surface area contributed by atoms with Crippen molar-refractivity contribution in [2.24, 2.45) is 0 Å². The number of aliphatic hydroxyl groups is 1. The third-order valence-electron chi connectivity index (χ3n) is 3.63. The van der Waals surface area contributed by atoms with Gasteiger partial charge in [0.05, 0.1) is 12.2 Å². The predicted molar refractivity (Wildman–Crippen MR) is 59.9 cm³/mol. The molecule has 2 rings (SSSR count). The monoisotopic (exact) mass is 213 g/mol. The van der Waals surface area contributed by atoms with E-state index in [9.17, 15) is 5.11 Å². The first-order valence-electron chi connectivity index (χ1n) is 6.39. The van der Waals surface area contributed by atoms with Crippen LogP contribution in [-0.4, -0.2) is 36.5 Å². The Morgan fingerprint density at radius 3 is 2.73 bits per heavy atom. The molecule has 88 valence electrons. The van der Waals surface area contributed by atoms with Gasteiger partial charge in [0.2, 0.25) is 0 Å². The molecule has 1 saturated heterocycles. The molecule has 0 aromatic rings. The number of nitrogens with one attached hydrogen (secondary N) is 1. The Labute approximate surface area is 92.2 Å². The lowest BCUT2D eigenvalue weighted by Gasteiger charge is -2.24. The Morgan fingerprint density at radius 2 is 2.07 bits per heavy atom. The van der Waals surface area contributed by atoms with E-state index in [4.69, 9.17) is 4.74 Å². The van der Waals surface area contributed by atoms with Crippen molar-refractivity contribution in [1.82, 2.24) is 5.32 Å². The summed E-state index contributed by atoms with van der Waals surface area (Å²) in [7, 11) is 0. The molecule has 0 amide bonds. The van der Waals surface area contributed by atoms with Crippen molar-refractivity contribution >= 4 is 0 Å². The van der Waals surface area contributed by atoms with Gasteiger partial charge in [-0.2, -0.15) is 0 Å². The largest absolute Gasteiger partial charge is 0.392 e. The molecule has 2 aliphatic rings. The number of ether oxygens (including phenoxy) is 1. The summed E-state index contributed by atoms with van der Waals surface area (Å²) in [5.41, 5.74) is 0. The van der Waals surface area contributed by atoms with Crippen molar-refractivity contribution in [3.63, 3.8) is 0 Å². The standard InChI is InChI=1S/C12H23NO2/c14-12-6-3-5-11(12)13-8-7-10-4-1-2-9-15-10/h10-14H,1-9H2/t10?,11-,12-/m1/s1. The van der Waals surface area contributed by atoms with Crippen LogP contribution in [0.5, 0.6) is 0 Å². The molecule has 1 aliphatic heterocycles. The highest BCUT2D eigenvalue weighted by Crippen LogP contribution is 2.19. The molecule has 2 fully saturated rings. The number of aliphatic hydroxyl groups excluding tert-OH is 1. The average Bonchev–Trinajstić information content (AvgIpc) is 2.66. The van der Waals surface area contributed by atoms with Gasteiger partial charge in [-0.3, -0.25) is 0 Å². The third kappa shape index (κ3) is 3.44. The highest BCUT2D eigenvalue weighted by Gasteiger charge is 2.24. The molecule has 0 radical (unpaired) electrons. The molecular weight excluding hydrogens is 190 g/mol. The third-order valence-corrected chi connectivity index (χ3v) is 3.63. The topological polar surface area (TPSA) is 41.5 Å². The number of rotatable bonds is 4. The van der Waals surface area contributed by atoms with E-state index < -0.39 is 0 Å². The smallest absolute Gasteiger partial charge is 0.0693 e. The van der Waals surface area contributed by atoms with Gasteiger partial charge < -0.3 is 15.2 Å². The second-order valence-electron chi connectivity index (χ2n) is 4.84. The fourth-order valence-corrected chi connectivity index (χ4v) is 2.64. The molecule has 0 aromatic carbocycles.